The number of carbonyl (C=O) groups is 1. The average molecular weight is 363 g/mol. The highest BCUT2D eigenvalue weighted by Gasteiger charge is 1.94. The van der Waals surface area contributed by atoms with Crippen molar-refractivity contribution in [2.45, 2.75) is 71.6 Å². The van der Waals surface area contributed by atoms with Crippen molar-refractivity contribution in [1.82, 2.24) is 0 Å². The predicted octanol–water partition coefficient (Wildman–Crippen LogP) is 6.48. The maximum Gasteiger partial charge on any atom is 0.329 e. The number of aliphatic carboxylic acids is 1. The SMILES string of the molecule is CCCCC/C=C\CC(C)/C=C/C=C\C/C=C\CCCCOCC(=O)O. The molecule has 0 saturated heterocycles. The topological polar surface area (TPSA) is 46.5 Å². The van der Waals surface area contributed by atoms with Gasteiger partial charge in [-0.15, -0.1) is 0 Å². The Bertz CT molecular complexity index is 433. The van der Waals surface area contributed by atoms with E-state index in [0.717, 1.165) is 32.1 Å². The number of carboxylic acid groups (broad SMARTS) is 1. The largest absolute Gasteiger partial charge is 0.480 e. The third kappa shape index (κ3) is 20.4. The van der Waals surface area contributed by atoms with Gasteiger partial charge in [0.2, 0.25) is 0 Å². The van der Waals surface area contributed by atoms with Gasteiger partial charge in [0.25, 0.3) is 0 Å². The summed E-state index contributed by atoms with van der Waals surface area (Å²) < 4.78 is 4.99. The summed E-state index contributed by atoms with van der Waals surface area (Å²) in [6.45, 7) is 4.82. The fraction of sp³-hybridized carbons (Fsp3) is 0.609. The van der Waals surface area contributed by atoms with Gasteiger partial charge in [0.15, 0.2) is 0 Å². The third-order valence-corrected chi connectivity index (χ3v) is 3.91. The molecule has 1 unspecified atom stereocenters. The lowest BCUT2D eigenvalue weighted by molar-refractivity contribution is -0.142. The highest BCUT2D eigenvalue weighted by atomic mass is 16.5. The van der Waals surface area contributed by atoms with Gasteiger partial charge in [0.1, 0.15) is 6.61 Å². The Morgan fingerprint density at radius 3 is 2.42 bits per heavy atom. The number of ether oxygens (including phenoxy) is 1. The molecule has 0 aliphatic rings. The molecule has 0 aromatic rings. The standard InChI is InChI=1S/C23H38O3/c1-3-4-5-6-12-15-18-22(2)19-16-13-10-8-7-9-11-14-17-20-26-21-23(24)25/h7,9-10,12-13,15-16,19,22H,3-6,8,11,14,17-18,20-21H2,1-2H3,(H,24,25)/b9-7-,13-10-,15-12-,19-16+. The second kappa shape index (κ2) is 19.7. The van der Waals surface area contributed by atoms with E-state index in [-0.39, 0.29) is 6.61 Å². The van der Waals surface area contributed by atoms with Crippen LogP contribution in [0.1, 0.15) is 71.6 Å². The van der Waals surface area contributed by atoms with Crippen LogP contribution < -0.4 is 0 Å². The zero-order valence-electron chi connectivity index (χ0n) is 16.7. The molecule has 0 aliphatic heterocycles. The molecule has 0 aromatic carbocycles. The van der Waals surface area contributed by atoms with Crippen LogP contribution in [0.25, 0.3) is 0 Å². The first-order valence-electron chi connectivity index (χ1n) is 10.1. The molecule has 0 radical (unpaired) electrons. The number of hydrogen-bond donors (Lipinski definition) is 1. The number of hydrogen-bond acceptors (Lipinski definition) is 2. The van der Waals surface area contributed by atoms with E-state index in [1.54, 1.807) is 0 Å². The van der Waals surface area contributed by atoms with Crippen LogP contribution in [-0.4, -0.2) is 24.3 Å². The van der Waals surface area contributed by atoms with E-state index in [1.165, 1.54) is 25.7 Å². The van der Waals surface area contributed by atoms with Crippen molar-refractivity contribution in [3.8, 4) is 0 Å². The van der Waals surface area contributed by atoms with Gasteiger partial charge in [-0.3, -0.25) is 0 Å². The molecule has 1 atom stereocenters. The van der Waals surface area contributed by atoms with Crippen LogP contribution in [0.2, 0.25) is 0 Å². The molecule has 0 spiro atoms. The maximum atomic E-state index is 10.3. The van der Waals surface area contributed by atoms with Crippen LogP contribution in [0.3, 0.4) is 0 Å². The molecule has 0 aliphatic carbocycles. The Balaban J connectivity index is 3.54. The molecule has 0 aromatic heterocycles. The molecule has 26 heavy (non-hydrogen) atoms. The Hall–Kier alpha value is -1.61. The monoisotopic (exact) mass is 362 g/mol. The molecule has 0 rings (SSSR count). The summed E-state index contributed by atoms with van der Waals surface area (Å²) in [7, 11) is 0. The summed E-state index contributed by atoms with van der Waals surface area (Å²) in [4.78, 5) is 10.3. The first-order chi connectivity index (χ1) is 12.7. The molecule has 0 bridgehead atoms. The lowest BCUT2D eigenvalue weighted by Gasteiger charge is -2.00. The van der Waals surface area contributed by atoms with E-state index < -0.39 is 5.97 Å². The first-order valence-corrected chi connectivity index (χ1v) is 10.1. The Labute approximate surface area is 160 Å². The zero-order valence-corrected chi connectivity index (χ0v) is 16.7. The molecule has 3 nitrogen and oxygen atoms in total. The van der Waals surface area contributed by atoms with E-state index >= 15 is 0 Å². The maximum absolute atomic E-state index is 10.3. The summed E-state index contributed by atoms with van der Waals surface area (Å²) in [5.74, 6) is -0.319. The molecule has 0 heterocycles. The normalized spacial score (nSPS) is 13.6. The smallest absolute Gasteiger partial charge is 0.329 e. The molecule has 0 fully saturated rings. The minimum Gasteiger partial charge on any atom is -0.480 e. The number of rotatable bonds is 17. The first kappa shape index (κ1) is 24.4. The fourth-order valence-corrected chi connectivity index (χ4v) is 2.35. The summed E-state index contributed by atoms with van der Waals surface area (Å²) >= 11 is 0. The van der Waals surface area contributed by atoms with Crippen LogP contribution in [0.15, 0.2) is 48.6 Å². The molecule has 0 saturated carbocycles. The fourth-order valence-electron chi connectivity index (χ4n) is 2.35. The van der Waals surface area contributed by atoms with Crippen molar-refractivity contribution in [3.05, 3.63) is 48.6 Å². The van der Waals surface area contributed by atoms with E-state index in [2.05, 4.69) is 62.5 Å². The van der Waals surface area contributed by atoms with Crippen molar-refractivity contribution < 1.29 is 14.6 Å². The second-order valence-electron chi connectivity index (χ2n) is 6.64. The average Bonchev–Trinajstić information content (AvgIpc) is 2.61. The summed E-state index contributed by atoms with van der Waals surface area (Å²) in [5, 5.41) is 8.43. The Morgan fingerprint density at radius 2 is 1.69 bits per heavy atom. The van der Waals surface area contributed by atoms with Crippen molar-refractivity contribution in [3.63, 3.8) is 0 Å². The third-order valence-electron chi connectivity index (χ3n) is 3.91. The molecule has 0 amide bonds. The van der Waals surface area contributed by atoms with Gasteiger partial charge < -0.3 is 9.84 Å². The zero-order chi connectivity index (χ0) is 19.3. The van der Waals surface area contributed by atoms with Gasteiger partial charge in [-0.25, -0.2) is 4.79 Å². The van der Waals surface area contributed by atoms with Gasteiger partial charge in [0, 0.05) is 6.61 Å². The quantitative estimate of drug-likeness (QED) is 0.183. The molecule has 148 valence electrons. The summed E-state index contributed by atoms with van der Waals surface area (Å²) in [6.07, 6.45) is 27.8. The van der Waals surface area contributed by atoms with E-state index in [9.17, 15) is 4.79 Å². The van der Waals surface area contributed by atoms with E-state index in [4.69, 9.17) is 9.84 Å². The Morgan fingerprint density at radius 1 is 0.962 bits per heavy atom. The van der Waals surface area contributed by atoms with Crippen LogP contribution in [0, 0.1) is 5.92 Å². The highest BCUT2D eigenvalue weighted by Crippen LogP contribution is 2.07. The van der Waals surface area contributed by atoms with Crippen LogP contribution in [0.5, 0.6) is 0 Å². The van der Waals surface area contributed by atoms with E-state index in [1.807, 2.05) is 0 Å². The predicted molar refractivity (Wildman–Crippen MR) is 111 cm³/mol. The highest BCUT2D eigenvalue weighted by molar-refractivity contribution is 5.67. The van der Waals surface area contributed by atoms with Crippen LogP contribution in [0.4, 0.5) is 0 Å². The number of unbranched alkanes of at least 4 members (excludes halogenated alkanes) is 5. The summed E-state index contributed by atoms with van der Waals surface area (Å²) in [6, 6.07) is 0. The lowest BCUT2D eigenvalue weighted by atomic mass is 10.1. The molecule has 3 heteroatoms. The molecular weight excluding hydrogens is 324 g/mol. The van der Waals surface area contributed by atoms with E-state index in [0.29, 0.717) is 12.5 Å². The van der Waals surface area contributed by atoms with Crippen molar-refractivity contribution in [2.24, 2.45) is 5.92 Å². The van der Waals surface area contributed by atoms with Crippen LogP contribution >= 0.6 is 0 Å². The van der Waals surface area contributed by atoms with Crippen molar-refractivity contribution in [2.75, 3.05) is 13.2 Å². The van der Waals surface area contributed by atoms with Gasteiger partial charge in [-0.05, 0) is 50.9 Å². The van der Waals surface area contributed by atoms with Gasteiger partial charge in [-0.1, -0.05) is 75.3 Å². The minimum absolute atomic E-state index is 0.192. The van der Waals surface area contributed by atoms with Gasteiger partial charge >= 0.3 is 5.97 Å². The van der Waals surface area contributed by atoms with Gasteiger partial charge in [-0.2, -0.15) is 0 Å². The second-order valence-corrected chi connectivity index (χ2v) is 6.64. The van der Waals surface area contributed by atoms with Crippen LogP contribution in [-0.2, 0) is 9.53 Å². The minimum atomic E-state index is -0.904. The number of carboxylic acids is 1. The Kier molecular flexibility index (Phi) is 18.5. The lowest BCUT2D eigenvalue weighted by Crippen LogP contribution is -2.07. The molecular formula is C23H38O3. The molecule has 1 N–H and O–H groups in total. The van der Waals surface area contributed by atoms with Gasteiger partial charge in [0.05, 0.1) is 0 Å². The van der Waals surface area contributed by atoms with Crippen molar-refractivity contribution >= 4 is 5.97 Å². The number of allylic oxidation sites excluding steroid dienone is 8. The summed E-state index contributed by atoms with van der Waals surface area (Å²) in [5.41, 5.74) is 0. The van der Waals surface area contributed by atoms with Crippen molar-refractivity contribution in [1.29, 1.82) is 0 Å².